The van der Waals surface area contributed by atoms with Gasteiger partial charge < -0.3 is 40.9 Å². The van der Waals surface area contributed by atoms with Crippen molar-refractivity contribution in [3.63, 3.8) is 0 Å². The molecule has 0 aromatic heterocycles. The van der Waals surface area contributed by atoms with Gasteiger partial charge in [-0.2, -0.15) is 8.78 Å². The fourth-order valence-corrected chi connectivity index (χ4v) is 16.5. The molecule has 8 fully saturated rings. The summed E-state index contributed by atoms with van der Waals surface area (Å²) in [4.78, 5) is 22.0. The molecule has 0 amide bonds. The summed E-state index contributed by atoms with van der Waals surface area (Å²) < 4.78 is 90.5. The first kappa shape index (κ1) is 59.3. The molecule has 8 saturated carbocycles. The number of ether oxygens (including phenoxy) is 2. The van der Waals surface area contributed by atoms with Gasteiger partial charge in [0.05, 0.1) is 24.4 Å². The van der Waals surface area contributed by atoms with Gasteiger partial charge in [-0.05, 0) is 149 Å². The van der Waals surface area contributed by atoms with Crippen LogP contribution in [0.1, 0.15) is 84.0 Å². The van der Waals surface area contributed by atoms with E-state index in [0.29, 0.717) is 43.4 Å². The van der Waals surface area contributed by atoms with Crippen LogP contribution in [0.5, 0.6) is 0 Å². The Bertz CT molecular complexity index is 2150. The average molecular weight is 1230 g/mol. The van der Waals surface area contributed by atoms with E-state index < -0.39 is 46.1 Å². The Kier molecular flexibility index (Phi) is 22.8. The van der Waals surface area contributed by atoms with E-state index in [0.717, 1.165) is 64.2 Å². The van der Waals surface area contributed by atoms with Crippen molar-refractivity contribution in [1.29, 1.82) is 0 Å². The number of carbonyl (C=O) groups excluding carboxylic acids is 2. The molecule has 8 aliphatic rings. The molecule has 4 unspecified atom stereocenters. The summed E-state index contributed by atoms with van der Waals surface area (Å²) in [7, 11) is -3.11. The van der Waals surface area contributed by atoms with Crippen molar-refractivity contribution < 1.29 is 144 Å². The van der Waals surface area contributed by atoms with Gasteiger partial charge in [0.2, 0.25) is 5.97 Å². The van der Waals surface area contributed by atoms with E-state index in [-0.39, 0.29) is 108 Å². The zero-order valence-electron chi connectivity index (χ0n) is 38.6. The smallest absolute Gasteiger partial charge is 1.00 e. The summed E-state index contributed by atoms with van der Waals surface area (Å²) in [5.41, 5.74) is -1.82. The summed E-state index contributed by atoms with van der Waals surface area (Å²) in [6.07, 6.45) is 8.02. The van der Waals surface area contributed by atoms with Crippen molar-refractivity contribution in [2.24, 2.45) is 34.5 Å². The Hall–Kier alpha value is -2.30. The number of carbonyl (C=O) groups is 2. The summed E-state index contributed by atoms with van der Waals surface area (Å²) >= 11 is 0.0574. The predicted octanol–water partition coefficient (Wildman–Crippen LogP) is -2.56. The number of halogens is 7. The van der Waals surface area contributed by atoms with Crippen LogP contribution in [0, 0.1) is 55.2 Å². The molecule has 0 heterocycles. The van der Waals surface area contributed by atoms with Crippen LogP contribution in [0.3, 0.4) is 0 Å². The molecule has 4 aromatic carbocycles. The molecule has 8 bridgehead atoms. The van der Waals surface area contributed by atoms with Gasteiger partial charge in [0.15, 0.2) is 14.3 Å². The third kappa shape index (κ3) is 18.6. The van der Waals surface area contributed by atoms with Gasteiger partial charge >= 0.3 is 94.5 Å². The maximum absolute atomic E-state index is 12.8. The minimum atomic E-state index is -3.43. The zero-order chi connectivity index (χ0) is 48.3. The number of hydrogen-bond donors (Lipinski definition) is 2. The molecule has 0 radical (unpaired) electrons. The SMILES string of the molecule is CC(F)(F)C(=O)OCC12CC3CC(CC(O)(C3)C1)C2.O=C(OCC12CC3CC(CC(O)(C3)C1)C2)[C-](F)F.O=S(=O)=O.[Cl-].[Na+].c1ccc([I+]c2ccccc2)cc1.c1ccc([I+]c2ccccc2)cc1. The first-order chi connectivity index (χ1) is 31.7. The van der Waals surface area contributed by atoms with Crippen molar-refractivity contribution in [2.75, 3.05) is 13.2 Å². The topological polar surface area (TPSA) is 144 Å². The molecule has 0 saturated heterocycles. The van der Waals surface area contributed by atoms with Gasteiger partial charge in [-0.3, -0.25) is 4.79 Å². The zero-order valence-corrected chi connectivity index (χ0v) is 46.4. The number of esters is 2. The third-order valence-electron chi connectivity index (χ3n) is 13.2. The molecule has 8 aliphatic carbocycles. The Balaban J connectivity index is 0.000000196. The predicted molar refractivity (Wildman–Crippen MR) is 232 cm³/mol. The van der Waals surface area contributed by atoms with Gasteiger partial charge in [0, 0.05) is 24.2 Å². The Morgan fingerprint density at radius 3 is 1.12 bits per heavy atom. The molecule has 69 heavy (non-hydrogen) atoms. The monoisotopic (exact) mass is 1230 g/mol. The Labute approximate surface area is 453 Å². The second-order valence-corrected chi connectivity index (χ2v) is 25.7. The second-order valence-electron chi connectivity index (χ2n) is 19.2. The van der Waals surface area contributed by atoms with Crippen LogP contribution in [0.2, 0.25) is 0 Å². The summed E-state index contributed by atoms with van der Waals surface area (Å²) in [6, 6.07) is 42.8. The standard InChI is InChI=1S/C14H20F2O3.C13H17F2O3.2C12H10I.ClH.Na.O3S/c1-12(15,16)11(17)19-8-13-3-9-2-10(4-13)6-14(18,5-9)7-13;14-10(15)11(16)18-7-12-2-8-1-9(3-12)5-13(17,4-8)6-12;2*1-3-7-11(8-4-1)13-12-9-5-2-6-10-12;;;1-4(2)3/h9-10,18H,2-8H2,1H3;8-9,17H,1-7H2;2*1-10H;1H;;/q;-1;2*+1;;+1;/p-1. The van der Waals surface area contributed by atoms with Crippen molar-refractivity contribution >= 4 is 22.5 Å². The minimum absolute atomic E-state index is 0. The summed E-state index contributed by atoms with van der Waals surface area (Å²) in [5, 5.41) is 21.0. The van der Waals surface area contributed by atoms with Crippen LogP contribution >= 0.6 is 0 Å². The molecule has 4 atom stereocenters. The minimum Gasteiger partial charge on any atom is -1.00 e. The van der Waals surface area contributed by atoms with Crippen molar-refractivity contribution in [2.45, 2.75) is 101 Å². The molecule has 9 nitrogen and oxygen atoms in total. The van der Waals surface area contributed by atoms with E-state index in [2.05, 4.69) is 121 Å². The third-order valence-corrected chi connectivity index (χ3v) is 18.6. The van der Waals surface area contributed by atoms with Crippen LogP contribution in [-0.4, -0.2) is 65.1 Å². The van der Waals surface area contributed by atoms with Crippen LogP contribution in [0.25, 0.3) is 0 Å². The van der Waals surface area contributed by atoms with Gasteiger partial charge in [-0.1, -0.05) is 72.8 Å². The van der Waals surface area contributed by atoms with Crippen molar-refractivity contribution in [1.82, 2.24) is 0 Å². The maximum atomic E-state index is 12.8. The number of alkyl halides is 2. The molecular formula is C51H57ClF4I2NaO9S+. The molecule has 0 aliphatic heterocycles. The van der Waals surface area contributed by atoms with Crippen molar-refractivity contribution in [3.05, 3.63) is 142 Å². The number of aliphatic hydroxyl groups is 2. The molecule has 370 valence electrons. The van der Waals surface area contributed by atoms with Crippen LogP contribution in [-0.2, 0) is 29.7 Å². The van der Waals surface area contributed by atoms with Crippen LogP contribution in [0.4, 0.5) is 17.6 Å². The fourth-order valence-electron chi connectivity index (χ4n) is 11.9. The molecule has 12 rings (SSSR count). The largest absolute Gasteiger partial charge is 1.00 e. The van der Waals surface area contributed by atoms with E-state index in [1.807, 2.05) is 0 Å². The van der Waals surface area contributed by atoms with Crippen LogP contribution in [0.15, 0.2) is 121 Å². The van der Waals surface area contributed by atoms with E-state index >= 15 is 0 Å². The molecule has 0 spiro atoms. The molecule has 2 N–H and O–H groups in total. The number of hydrogen-bond acceptors (Lipinski definition) is 9. The first-order valence-corrected chi connectivity index (χ1v) is 27.7. The quantitative estimate of drug-likeness (QED) is 0.0577. The number of benzene rings is 4. The summed E-state index contributed by atoms with van der Waals surface area (Å²) in [6.45, 7) is 0.617. The van der Waals surface area contributed by atoms with Gasteiger partial charge in [0.1, 0.15) is 0 Å². The summed E-state index contributed by atoms with van der Waals surface area (Å²) in [5.74, 6) is -4.53. The van der Waals surface area contributed by atoms with Gasteiger partial charge in [-0.15, -0.1) is 12.6 Å². The van der Waals surface area contributed by atoms with E-state index in [4.69, 9.17) is 22.1 Å². The first-order valence-electron chi connectivity index (χ1n) is 22.3. The van der Waals surface area contributed by atoms with E-state index in [1.54, 1.807) is 0 Å². The Morgan fingerprint density at radius 1 is 0.594 bits per heavy atom. The van der Waals surface area contributed by atoms with Crippen LogP contribution < -0.4 is 84.4 Å². The van der Waals surface area contributed by atoms with E-state index in [9.17, 15) is 37.4 Å². The van der Waals surface area contributed by atoms with Gasteiger partial charge in [0.25, 0.3) is 0 Å². The second kappa shape index (κ2) is 26.6. The fraction of sp³-hybridized carbons (Fsp3) is 0.471. The van der Waals surface area contributed by atoms with Crippen molar-refractivity contribution in [3.8, 4) is 0 Å². The molecule has 18 heteroatoms. The number of rotatable bonds is 10. The average Bonchev–Trinajstić information content (AvgIpc) is 3.25. The molecule has 4 aromatic rings. The normalized spacial score (nSPS) is 28.0. The van der Waals surface area contributed by atoms with Gasteiger partial charge in [-0.25, -0.2) is 4.79 Å². The maximum Gasteiger partial charge on any atom is 1.00 e. The molecular weight excluding hydrogens is 1180 g/mol. The Morgan fingerprint density at radius 2 is 0.870 bits per heavy atom. The van der Waals surface area contributed by atoms with E-state index in [1.165, 1.54) is 14.3 Å².